The van der Waals surface area contributed by atoms with Crippen LogP contribution in [0.3, 0.4) is 0 Å². The highest BCUT2D eigenvalue weighted by Crippen LogP contribution is 2.26. The molecule has 1 atom stereocenters. The Balaban J connectivity index is 1.61. The SMILES string of the molecule is COc1ccc([C@@H](CNC(=O)COc2ccc(Cl)c(C)c2)N2CCCCCC2)cc1. The van der Waals surface area contributed by atoms with E-state index in [2.05, 4.69) is 22.3 Å². The molecule has 3 rings (SSSR count). The van der Waals surface area contributed by atoms with Gasteiger partial charge in [-0.05, 0) is 74.3 Å². The molecule has 1 N–H and O–H groups in total. The van der Waals surface area contributed by atoms with Gasteiger partial charge < -0.3 is 14.8 Å². The maximum Gasteiger partial charge on any atom is 0.258 e. The first kappa shape index (κ1) is 22.4. The number of likely N-dealkylation sites (tertiary alicyclic amines) is 1. The van der Waals surface area contributed by atoms with Crippen LogP contribution in [-0.2, 0) is 4.79 Å². The summed E-state index contributed by atoms with van der Waals surface area (Å²) in [5.41, 5.74) is 2.11. The Morgan fingerprint density at radius 2 is 1.73 bits per heavy atom. The third-order valence-electron chi connectivity index (χ3n) is 5.57. The lowest BCUT2D eigenvalue weighted by atomic mass is 10.0. The highest BCUT2D eigenvalue weighted by molar-refractivity contribution is 6.31. The Kier molecular flexibility index (Phi) is 8.40. The molecule has 1 aliphatic heterocycles. The lowest BCUT2D eigenvalue weighted by Gasteiger charge is -2.31. The molecule has 0 radical (unpaired) electrons. The van der Waals surface area contributed by atoms with E-state index >= 15 is 0 Å². The summed E-state index contributed by atoms with van der Waals surface area (Å²) in [5.74, 6) is 1.35. The maximum absolute atomic E-state index is 12.5. The number of rotatable bonds is 8. The van der Waals surface area contributed by atoms with Crippen LogP contribution in [0.15, 0.2) is 42.5 Å². The fourth-order valence-corrected chi connectivity index (χ4v) is 3.93. The van der Waals surface area contributed by atoms with E-state index in [-0.39, 0.29) is 18.6 Å². The first-order valence-corrected chi connectivity index (χ1v) is 11.0. The Bertz CT molecular complexity index is 818. The van der Waals surface area contributed by atoms with Gasteiger partial charge in [0.2, 0.25) is 0 Å². The van der Waals surface area contributed by atoms with Crippen molar-refractivity contribution in [1.82, 2.24) is 10.2 Å². The smallest absolute Gasteiger partial charge is 0.258 e. The minimum absolute atomic E-state index is 0.0175. The van der Waals surface area contributed by atoms with Gasteiger partial charge in [0, 0.05) is 11.6 Å². The molecule has 0 spiro atoms. The summed E-state index contributed by atoms with van der Waals surface area (Å²) < 4.78 is 10.9. The molecule has 0 aliphatic carbocycles. The number of hydrogen-bond acceptors (Lipinski definition) is 4. The molecule has 0 aromatic heterocycles. The monoisotopic (exact) mass is 430 g/mol. The van der Waals surface area contributed by atoms with Crippen LogP contribution in [0, 0.1) is 6.92 Å². The van der Waals surface area contributed by atoms with E-state index < -0.39 is 0 Å². The van der Waals surface area contributed by atoms with Gasteiger partial charge in [0.25, 0.3) is 5.91 Å². The molecule has 2 aromatic carbocycles. The number of methoxy groups -OCH3 is 1. The topological polar surface area (TPSA) is 50.8 Å². The third kappa shape index (κ3) is 6.38. The molecule has 6 heteroatoms. The van der Waals surface area contributed by atoms with E-state index in [9.17, 15) is 4.79 Å². The lowest BCUT2D eigenvalue weighted by molar-refractivity contribution is -0.123. The summed E-state index contributed by atoms with van der Waals surface area (Å²) in [4.78, 5) is 14.9. The summed E-state index contributed by atoms with van der Waals surface area (Å²) in [6.07, 6.45) is 4.93. The Morgan fingerprint density at radius 3 is 2.37 bits per heavy atom. The highest BCUT2D eigenvalue weighted by Gasteiger charge is 2.22. The zero-order valence-corrected chi connectivity index (χ0v) is 18.6. The first-order valence-electron chi connectivity index (χ1n) is 10.6. The van der Waals surface area contributed by atoms with Crippen LogP contribution < -0.4 is 14.8 Å². The summed E-state index contributed by atoms with van der Waals surface area (Å²) in [6, 6.07) is 13.7. The fourth-order valence-electron chi connectivity index (χ4n) is 3.81. The second kappa shape index (κ2) is 11.2. The number of carbonyl (C=O) groups excluding carboxylic acids is 1. The van der Waals surface area contributed by atoms with Crippen molar-refractivity contribution in [2.75, 3.05) is 33.4 Å². The number of nitrogens with one attached hydrogen (secondary N) is 1. The molecular weight excluding hydrogens is 400 g/mol. The van der Waals surface area contributed by atoms with Crippen molar-refractivity contribution < 1.29 is 14.3 Å². The molecule has 0 saturated carbocycles. The molecule has 1 heterocycles. The van der Waals surface area contributed by atoms with Gasteiger partial charge in [-0.1, -0.05) is 36.6 Å². The van der Waals surface area contributed by atoms with Gasteiger partial charge in [-0.2, -0.15) is 0 Å². The summed E-state index contributed by atoms with van der Waals surface area (Å²) in [6.45, 7) is 4.54. The quantitative estimate of drug-likeness (QED) is 0.655. The minimum atomic E-state index is -0.129. The van der Waals surface area contributed by atoms with Gasteiger partial charge in [0.1, 0.15) is 11.5 Å². The predicted octanol–water partition coefficient (Wildman–Crippen LogP) is 4.77. The molecule has 5 nitrogen and oxygen atoms in total. The average molecular weight is 431 g/mol. The third-order valence-corrected chi connectivity index (χ3v) is 6.00. The van der Waals surface area contributed by atoms with Crippen LogP contribution in [0.2, 0.25) is 5.02 Å². The number of halogens is 1. The first-order chi connectivity index (χ1) is 14.6. The molecule has 1 amide bonds. The van der Waals surface area contributed by atoms with Crippen LogP contribution in [0.4, 0.5) is 0 Å². The second-order valence-corrected chi connectivity index (χ2v) is 8.15. The predicted molar refractivity (Wildman–Crippen MR) is 120 cm³/mol. The van der Waals surface area contributed by atoms with Gasteiger partial charge in [-0.3, -0.25) is 9.69 Å². The van der Waals surface area contributed by atoms with E-state index in [0.29, 0.717) is 17.3 Å². The van der Waals surface area contributed by atoms with Gasteiger partial charge in [0.15, 0.2) is 6.61 Å². The Hall–Kier alpha value is -2.24. The molecule has 1 fully saturated rings. The van der Waals surface area contributed by atoms with Crippen molar-refractivity contribution in [2.24, 2.45) is 0 Å². The Labute approximate surface area is 184 Å². The number of carbonyl (C=O) groups is 1. The summed E-state index contributed by atoms with van der Waals surface area (Å²) in [7, 11) is 1.67. The van der Waals surface area contributed by atoms with Crippen LogP contribution in [0.5, 0.6) is 11.5 Å². The van der Waals surface area contributed by atoms with Gasteiger partial charge in [-0.25, -0.2) is 0 Å². The van der Waals surface area contributed by atoms with Crippen molar-refractivity contribution >= 4 is 17.5 Å². The normalized spacial score (nSPS) is 15.8. The summed E-state index contributed by atoms with van der Waals surface area (Å²) >= 11 is 6.04. The molecule has 2 aromatic rings. The number of benzene rings is 2. The number of hydrogen-bond donors (Lipinski definition) is 1. The van der Waals surface area contributed by atoms with E-state index in [1.807, 2.05) is 25.1 Å². The number of nitrogens with zero attached hydrogens (tertiary/aromatic N) is 1. The number of amides is 1. The molecule has 1 saturated heterocycles. The molecule has 162 valence electrons. The van der Waals surface area contributed by atoms with Crippen molar-refractivity contribution in [2.45, 2.75) is 38.6 Å². The van der Waals surface area contributed by atoms with Crippen molar-refractivity contribution in [3.8, 4) is 11.5 Å². The molecule has 1 aliphatic rings. The van der Waals surface area contributed by atoms with Crippen LogP contribution in [-0.4, -0.2) is 44.2 Å². The number of ether oxygens (including phenoxy) is 2. The van der Waals surface area contributed by atoms with E-state index in [0.717, 1.165) is 24.4 Å². The van der Waals surface area contributed by atoms with Crippen molar-refractivity contribution in [3.05, 3.63) is 58.6 Å². The largest absolute Gasteiger partial charge is 0.497 e. The van der Waals surface area contributed by atoms with E-state index in [1.54, 1.807) is 19.2 Å². The van der Waals surface area contributed by atoms with Crippen molar-refractivity contribution in [1.29, 1.82) is 0 Å². The molecular formula is C24H31ClN2O3. The average Bonchev–Trinajstić information content (AvgIpc) is 3.05. The standard InChI is InChI=1S/C24H31ClN2O3/c1-18-15-21(11-12-22(18)25)30-17-24(28)26-16-23(27-13-5-3-4-6-14-27)19-7-9-20(29-2)10-8-19/h7-12,15,23H,3-6,13-14,16-17H2,1-2H3,(H,26,28)/t23-/m1/s1. The lowest BCUT2D eigenvalue weighted by Crippen LogP contribution is -2.40. The van der Waals surface area contributed by atoms with Crippen LogP contribution >= 0.6 is 11.6 Å². The zero-order valence-electron chi connectivity index (χ0n) is 17.8. The van der Waals surface area contributed by atoms with E-state index in [4.69, 9.17) is 21.1 Å². The zero-order chi connectivity index (χ0) is 21.3. The van der Waals surface area contributed by atoms with Crippen molar-refractivity contribution in [3.63, 3.8) is 0 Å². The Morgan fingerprint density at radius 1 is 1.07 bits per heavy atom. The van der Waals surface area contributed by atoms with Gasteiger partial charge in [-0.15, -0.1) is 0 Å². The summed E-state index contributed by atoms with van der Waals surface area (Å²) in [5, 5.41) is 3.75. The second-order valence-electron chi connectivity index (χ2n) is 7.74. The molecule has 0 bridgehead atoms. The molecule has 30 heavy (non-hydrogen) atoms. The highest BCUT2D eigenvalue weighted by atomic mass is 35.5. The van der Waals surface area contributed by atoms with E-state index in [1.165, 1.54) is 31.2 Å². The molecule has 0 unspecified atom stereocenters. The van der Waals surface area contributed by atoms with Gasteiger partial charge in [0.05, 0.1) is 13.2 Å². The fraction of sp³-hybridized carbons (Fsp3) is 0.458. The minimum Gasteiger partial charge on any atom is -0.497 e. The van der Waals surface area contributed by atoms with Crippen LogP contribution in [0.25, 0.3) is 0 Å². The maximum atomic E-state index is 12.5. The van der Waals surface area contributed by atoms with Crippen LogP contribution in [0.1, 0.15) is 42.9 Å². The number of aryl methyl sites for hydroxylation is 1. The van der Waals surface area contributed by atoms with Gasteiger partial charge >= 0.3 is 0 Å².